The van der Waals surface area contributed by atoms with E-state index in [9.17, 15) is 87.7 Å². The SMILES string of the molecule is COCCOCCOCCC1(C)\C(=C/C=C/C=C/C2=[N+](CCCS(=O)(=O)O)c3ccc4c(S(=O)(=O)O)cc(S(=O)(=O)O)cc4c3C2(C)CCCS(=O)(=O)O)N(CCCCCC(=O)O)c2ccc3c(S(=O)(=O)[O-])cc(S(=O)(=O)O)cc3c21. The summed E-state index contributed by atoms with van der Waals surface area (Å²) in [6.07, 6.45) is 8.31. The molecule has 81 heavy (non-hydrogen) atoms. The van der Waals surface area contributed by atoms with Crippen molar-refractivity contribution in [3.8, 4) is 0 Å². The zero-order chi connectivity index (χ0) is 60.1. The lowest BCUT2D eigenvalue weighted by molar-refractivity contribution is -0.437. The fourth-order valence-electron chi connectivity index (χ4n) is 10.5. The first-order chi connectivity index (χ1) is 37.5. The number of carbonyl (C=O) groups is 1. The summed E-state index contributed by atoms with van der Waals surface area (Å²) in [6.45, 7) is 4.31. The number of unbranched alkanes of at least 4 members (excludes halogenated alkanes) is 2. The highest BCUT2D eigenvalue weighted by Gasteiger charge is 2.49. The number of allylic oxidation sites excluding steroid dienone is 6. The number of benzene rings is 4. The van der Waals surface area contributed by atoms with E-state index in [-0.39, 0.29) is 110 Å². The van der Waals surface area contributed by atoms with Crippen molar-refractivity contribution in [2.75, 3.05) is 69.6 Å². The molecule has 0 saturated heterocycles. The summed E-state index contributed by atoms with van der Waals surface area (Å²) in [6, 6.07) is 8.67. The number of nitrogens with zero attached hydrogens (tertiary/aromatic N) is 2. The molecule has 4 aromatic rings. The van der Waals surface area contributed by atoms with Gasteiger partial charge in [-0.1, -0.05) is 30.7 Å². The van der Waals surface area contributed by atoms with Crippen LogP contribution in [0.5, 0.6) is 0 Å². The van der Waals surface area contributed by atoms with E-state index in [4.69, 9.17) is 14.2 Å². The molecule has 0 spiro atoms. The minimum Gasteiger partial charge on any atom is -0.744 e. The highest BCUT2D eigenvalue weighted by atomic mass is 32.2. The maximum absolute atomic E-state index is 12.8. The third kappa shape index (κ3) is 15.8. The van der Waals surface area contributed by atoms with Crippen molar-refractivity contribution in [2.24, 2.45) is 0 Å². The van der Waals surface area contributed by atoms with Crippen LogP contribution in [0.25, 0.3) is 21.5 Å². The molecule has 25 nitrogen and oxygen atoms in total. The van der Waals surface area contributed by atoms with Crippen molar-refractivity contribution in [1.82, 2.24) is 0 Å². The van der Waals surface area contributed by atoms with Crippen molar-refractivity contribution >= 4 is 105 Å². The van der Waals surface area contributed by atoms with Crippen LogP contribution in [0.4, 0.5) is 11.4 Å². The van der Waals surface area contributed by atoms with E-state index >= 15 is 0 Å². The number of ether oxygens (including phenoxy) is 3. The van der Waals surface area contributed by atoms with Gasteiger partial charge in [-0.15, -0.1) is 0 Å². The van der Waals surface area contributed by atoms with Gasteiger partial charge in [0.2, 0.25) is 5.69 Å². The van der Waals surface area contributed by atoms with Crippen molar-refractivity contribution in [3.05, 3.63) is 95.7 Å². The third-order valence-corrected chi connectivity index (χ3v) is 19.1. The van der Waals surface area contributed by atoms with Crippen LogP contribution in [-0.2, 0) is 90.5 Å². The Labute approximate surface area is 470 Å². The summed E-state index contributed by atoms with van der Waals surface area (Å²) >= 11 is 0. The molecule has 2 atom stereocenters. The van der Waals surface area contributed by atoms with E-state index in [1.807, 2.05) is 4.90 Å². The quantitative estimate of drug-likeness (QED) is 0.0164. The van der Waals surface area contributed by atoms with E-state index in [0.29, 0.717) is 54.9 Å². The molecular formula is C50H62N2O23S6. The first-order valence-electron chi connectivity index (χ1n) is 24.9. The van der Waals surface area contributed by atoms with Crippen molar-refractivity contribution in [1.29, 1.82) is 0 Å². The van der Waals surface area contributed by atoms with Gasteiger partial charge in [0.1, 0.15) is 21.6 Å². The number of rotatable bonds is 30. The first kappa shape index (κ1) is 65.1. The number of hydrogen-bond acceptors (Lipinski definition) is 18. The Balaban J connectivity index is 1.57. The minimum absolute atomic E-state index is 0.00915. The molecule has 0 fully saturated rings. The summed E-state index contributed by atoms with van der Waals surface area (Å²) < 4.78 is 231. The van der Waals surface area contributed by atoms with Gasteiger partial charge in [0.25, 0.3) is 50.6 Å². The molecule has 2 unspecified atom stereocenters. The molecule has 6 N–H and O–H groups in total. The van der Waals surface area contributed by atoms with Gasteiger partial charge in [0.15, 0.2) is 5.71 Å². The summed E-state index contributed by atoms with van der Waals surface area (Å²) in [5, 5.41) is 8.82. The van der Waals surface area contributed by atoms with Crippen LogP contribution in [0.1, 0.15) is 76.3 Å². The maximum atomic E-state index is 12.8. The number of methoxy groups -OCH3 is 1. The summed E-state index contributed by atoms with van der Waals surface area (Å²) in [5.41, 5.74) is -0.825. The number of aliphatic carboxylic acids is 1. The van der Waals surface area contributed by atoms with Crippen LogP contribution in [0.2, 0.25) is 0 Å². The molecule has 2 heterocycles. The number of fused-ring (bicyclic) bond motifs is 6. The molecule has 0 aliphatic carbocycles. The molecule has 0 aromatic heterocycles. The zero-order valence-electron chi connectivity index (χ0n) is 44.0. The fraction of sp³-hybridized carbons (Fsp3) is 0.440. The van der Waals surface area contributed by atoms with Gasteiger partial charge in [0.05, 0.1) is 58.0 Å². The van der Waals surface area contributed by atoms with E-state index in [1.54, 1.807) is 48.8 Å². The predicted octanol–water partition coefficient (Wildman–Crippen LogP) is 5.43. The van der Waals surface area contributed by atoms with Crippen molar-refractivity contribution < 1.29 is 107 Å². The van der Waals surface area contributed by atoms with Gasteiger partial charge in [-0.25, -0.2) is 8.42 Å². The standard InChI is InChI=1S/C50H62N2O23S6/c1-49(19-10-28-76(55,56)57)44(52(22-11-29-77(58,59)60)40-17-15-36-38(47(40)49)30-34(78(61,62)63)32-42(36)80(67,68)69)12-6-4-7-13-45-50(2,20-23-74-26-27-75-25-24-73-3)48-39-31-35(79(64,65)66)33-43(81(70,71)72)37(39)16-18-41(48)51(45)21-9-5-8-14-46(53)54/h4,6-7,12-13,15-18,30-33H,5,8-11,14,19-29H2,1-3H3,(H6-,53,54,55,56,57,58,59,60,61,62,63,64,65,66,67,68,69,70,71,72). The lowest BCUT2D eigenvalue weighted by Gasteiger charge is -2.31. The van der Waals surface area contributed by atoms with Gasteiger partial charge in [-0.2, -0.15) is 46.7 Å². The lowest BCUT2D eigenvalue weighted by Crippen LogP contribution is -2.32. The van der Waals surface area contributed by atoms with E-state index in [0.717, 1.165) is 12.1 Å². The molecule has 0 radical (unpaired) electrons. The monoisotopic (exact) mass is 1250 g/mol. The van der Waals surface area contributed by atoms with Crippen molar-refractivity contribution in [3.63, 3.8) is 0 Å². The summed E-state index contributed by atoms with van der Waals surface area (Å²) in [5.74, 6) is -2.54. The average Bonchev–Trinajstić information content (AvgIpc) is 2.79. The second-order valence-corrected chi connectivity index (χ2v) is 28.4. The fourth-order valence-corrected chi connectivity index (χ4v) is 14.2. The van der Waals surface area contributed by atoms with Crippen LogP contribution < -0.4 is 4.90 Å². The normalized spacial score (nSPS) is 18.8. The van der Waals surface area contributed by atoms with Gasteiger partial charge >= 0.3 is 5.97 Å². The van der Waals surface area contributed by atoms with E-state index in [1.165, 1.54) is 31.4 Å². The van der Waals surface area contributed by atoms with Crippen LogP contribution in [-0.4, -0.2) is 164 Å². The molecular weight excluding hydrogens is 1190 g/mol. The number of anilines is 1. The molecule has 446 valence electrons. The molecule has 6 rings (SSSR count). The molecule has 4 aromatic carbocycles. The average molecular weight is 1250 g/mol. The first-order valence-corrected chi connectivity index (χ1v) is 33.8. The highest BCUT2D eigenvalue weighted by molar-refractivity contribution is 7.87. The number of hydrogen-bond donors (Lipinski definition) is 6. The second-order valence-electron chi connectivity index (χ2n) is 19.7. The van der Waals surface area contributed by atoms with Crippen LogP contribution in [0, 0.1) is 0 Å². The van der Waals surface area contributed by atoms with Crippen LogP contribution >= 0.6 is 0 Å². The lowest BCUT2D eigenvalue weighted by atomic mass is 9.74. The Hall–Kier alpha value is -5.10. The highest BCUT2D eigenvalue weighted by Crippen LogP contribution is 2.54. The van der Waals surface area contributed by atoms with Gasteiger partial charge in [0, 0.05) is 73.0 Å². The Morgan fingerprint density at radius 1 is 0.617 bits per heavy atom. The van der Waals surface area contributed by atoms with Gasteiger partial charge in [-0.05, 0) is 110 Å². The van der Waals surface area contributed by atoms with Crippen molar-refractivity contribution in [2.45, 2.75) is 95.6 Å². The molecule has 2 aliphatic rings. The molecule has 31 heteroatoms. The number of carboxylic acid groups (broad SMARTS) is 1. The van der Waals surface area contributed by atoms with Gasteiger partial charge < -0.3 is 28.8 Å². The molecule has 0 saturated carbocycles. The number of carboxylic acids is 1. The topological polar surface area (TPSA) is 400 Å². The second kappa shape index (κ2) is 25.4. The van der Waals surface area contributed by atoms with Crippen LogP contribution in [0.3, 0.4) is 0 Å². The van der Waals surface area contributed by atoms with Gasteiger partial charge in [-0.3, -0.25) is 27.6 Å². The minimum atomic E-state index is -5.38. The Morgan fingerprint density at radius 2 is 1.19 bits per heavy atom. The summed E-state index contributed by atoms with van der Waals surface area (Å²) in [4.78, 5) is 9.64. The Kier molecular flexibility index (Phi) is 20.4. The molecule has 2 aliphatic heterocycles. The van der Waals surface area contributed by atoms with E-state index < -0.39 is 109 Å². The maximum Gasteiger partial charge on any atom is 0.303 e. The smallest absolute Gasteiger partial charge is 0.303 e. The molecule has 0 bridgehead atoms. The predicted molar refractivity (Wildman–Crippen MR) is 294 cm³/mol. The zero-order valence-corrected chi connectivity index (χ0v) is 48.9. The van der Waals surface area contributed by atoms with E-state index in [2.05, 4.69) is 0 Å². The third-order valence-electron chi connectivity index (χ3n) is 14.1. The summed E-state index contributed by atoms with van der Waals surface area (Å²) in [7, 11) is -28.5. The molecule has 0 amide bonds. The Bertz CT molecular complexity index is 3930. The van der Waals surface area contributed by atoms with Crippen LogP contribution in [0.15, 0.2) is 104 Å². The largest absolute Gasteiger partial charge is 0.744 e. The Morgan fingerprint density at radius 3 is 1.77 bits per heavy atom.